The molecule has 0 spiro atoms. The summed E-state index contributed by atoms with van der Waals surface area (Å²) in [6.45, 7) is 1.98. The van der Waals surface area contributed by atoms with Gasteiger partial charge in [-0.25, -0.2) is 0 Å². The Balaban J connectivity index is 1.92. The highest BCUT2D eigenvalue weighted by molar-refractivity contribution is 5.82. The van der Waals surface area contributed by atoms with Gasteiger partial charge in [0.05, 0.1) is 17.4 Å². The fourth-order valence-corrected chi connectivity index (χ4v) is 1.85. The number of hydrogen-bond donors (Lipinski definition) is 1. The molecule has 3 nitrogen and oxygen atoms in total. The van der Waals surface area contributed by atoms with Gasteiger partial charge in [0.15, 0.2) is 0 Å². The van der Waals surface area contributed by atoms with Crippen LogP contribution in [-0.2, 0) is 0 Å². The molecule has 0 aliphatic carbocycles. The van der Waals surface area contributed by atoms with Crippen LogP contribution in [0.1, 0.15) is 5.69 Å². The third-order valence-corrected chi connectivity index (χ3v) is 2.81. The molecule has 2 heterocycles. The zero-order valence-electron chi connectivity index (χ0n) is 10.1. The van der Waals surface area contributed by atoms with E-state index >= 15 is 0 Å². The summed E-state index contributed by atoms with van der Waals surface area (Å²) in [7, 11) is 0. The zero-order chi connectivity index (χ0) is 12.4. The van der Waals surface area contributed by atoms with E-state index in [2.05, 4.69) is 27.4 Å². The Bertz CT molecular complexity index is 675. The van der Waals surface area contributed by atoms with E-state index in [0.717, 1.165) is 28.0 Å². The Kier molecular flexibility index (Phi) is 2.65. The Morgan fingerprint density at radius 1 is 0.944 bits per heavy atom. The second kappa shape index (κ2) is 4.45. The average Bonchev–Trinajstić information content (AvgIpc) is 2.41. The van der Waals surface area contributed by atoms with Crippen molar-refractivity contribution in [2.24, 2.45) is 0 Å². The molecule has 88 valence electrons. The van der Waals surface area contributed by atoms with E-state index in [1.807, 2.05) is 43.5 Å². The number of aromatic nitrogens is 2. The number of hydrogen-bond acceptors (Lipinski definition) is 3. The molecular weight excluding hydrogens is 222 g/mol. The van der Waals surface area contributed by atoms with Crippen LogP contribution in [0.3, 0.4) is 0 Å². The monoisotopic (exact) mass is 235 g/mol. The van der Waals surface area contributed by atoms with Gasteiger partial charge in [0.25, 0.3) is 0 Å². The molecule has 0 bridgehead atoms. The van der Waals surface area contributed by atoms with Gasteiger partial charge in [-0.15, -0.1) is 0 Å². The molecule has 0 amide bonds. The van der Waals surface area contributed by atoms with Crippen molar-refractivity contribution in [3.05, 3.63) is 60.6 Å². The number of nitrogens with zero attached hydrogens (tertiary/aromatic N) is 2. The van der Waals surface area contributed by atoms with Gasteiger partial charge < -0.3 is 5.32 Å². The summed E-state index contributed by atoms with van der Waals surface area (Å²) < 4.78 is 0. The SMILES string of the molecule is Cc1ccc(Nc2ccc3cccnc3c2)cn1. The Labute approximate surface area is 106 Å². The van der Waals surface area contributed by atoms with Gasteiger partial charge in [-0.3, -0.25) is 9.97 Å². The lowest BCUT2D eigenvalue weighted by Gasteiger charge is -2.07. The van der Waals surface area contributed by atoms with Gasteiger partial charge in [-0.2, -0.15) is 0 Å². The Morgan fingerprint density at radius 2 is 1.83 bits per heavy atom. The van der Waals surface area contributed by atoms with Crippen LogP contribution >= 0.6 is 0 Å². The van der Waals surface area contributed by atoms with Crippen molar-refractivity contribution >= 4 is 22.3 Å². The highest BCUT2D eigenvalue weighted by Crippen LogP contribution is 2.20. The van der Waals surface area contributed by atoms with Crippen LogP contribution in [0.15, 0.2) is 54.9 Å². The van der Waals surface area contributed by atoms with Gasteiger partial charge in [-0.05, 0) is 37.3 Å². The average molecular weight is 235 g/mol. The summed E-state index contributed by atoms with van der Waals surface area (Å²) in [5.41, 5.74) is 4.01. The van der Waals surface area contributed by atoms with Crippen LogP contribution in [0.2, 0.25) is 0 Å². The Hall–Kier alpha value is -2.42. The van der Waals surface area contributed by atoms with Crippen LogP contribution in [0.25, 0.3) is 10.9 Å². The predicted molar refractivity (Wildman–Crippen MR) is 74.0 cm³/mol. The molecule has 3 heteroatoms. The highest BCUT2D eigenvalue weighted by Gasteiger charge is 1.98. The molecule has 0 radical (unpaired) electrons. The normalized spacial score (nSPS) is 10.5. The van der Waals surface area contributed by atoms with E-state index < -0.39 is 0 Å². The maximum Gasteiger partial charge on any atom is 0.0722 e. The van der Waals surface area contributed by atoms with Crippen LogP contribution in [0.4, 0.5) is 11.4 Å². The first-order valence-electron chi connectivity index (χ1n) is 5.86. The summed E-state index contributed by atoms with van der Waals surface area (Å²) in [6.07, 6.45) is 3.64. The minimum absolute atomic E-state index is 0.982. The van der Waals surface area contributed by atoms with E-state index in [9.17, 15) is 0 Å². The molecule has 0 aliphatic heterocycles. The Morgan fingerprint density at radius 3 is 2.67 bits per heavy atom. The molecule has 0 atom stereocenters. The first-order chi connectivity index (χ1) is 8.81. The minimum atomic E-state index is 0.982. The second-order valence-corrected chi connectivity index (χ2v) is 4.22. The summed E-state index contributed by atoms with van der Waals surface area (Å²) in [5.74, 6) is 0. The summed E-state index contributed by atoms with van der Waals surface area (Å²) in [6, 6.07) is 14.1. The largest absolute Gasteiger partial charge is 0.354 e. The van der Waals surface area contributed by atoms with Crippen molar-refractivity contribution < 1.29 is 0 Å². The fourth-order valence-electron chi connectivity index (χ4n) is 1.85. The second-order valence-electron chi connectivity index (χ2n) is 4.22. The lowest BCUT2D eigenvalue weighted by molar-refractivity contribution is 1.20. The number of anilines is 2. The first-order valence-corrected chi connectivity index (χ1v) is 5.86. The molecule has 0 aliphatic rings. The molecule has 1 aromatic carbocycles. The predicted octanol–water partition coefficient (Wildman–Crippen LogP) is 3.68. The fraction of sp³-hybridized carbons (Fsp3) is 0.0667. The van der Waals surface area contributed by atoms with Crippen LogP contribution < -0.4 is 5.32 Å². The summed E-state index contributed by atoms with van der Waals surface area (Å²) in [4.78, 5) is 8.60. The van der Waals surface area contributed by atoms with Crippen molar-refractivity contribution in [3.63, 3.8) is 0 Å². The van der Waals surface area contributed by atoms with E-state index in [1.54, 1.807) is 6.20 Å². The van der Waals surface area contributed by atoms with Gasteiger partial charge in [0, 0.05) is 23.0 Å². The maximum absolute atomic E-state index is 4.34. The molecule has 1 N–H and O–H groups in total. The number of nitrogens with one attached hydrogen (secondary N) is 1. The third kappa shape index (κ3) is 2.15. The van der Waals surface area contributed by atoms with Crippen LogP contribution in [0, 0.1) is 6.92 Å². The lowest BCUT2D eigenvalue weighted by Crippen LogP contribution is -1.92. The third-order valence-electron chi connectivity index (χ3n) is 2.81. The standard InChI is InChI=1S/C15H13N3/c1-11-4-6-14(10-17-11)18-13-7-5-12-3-2-8-16-15(12)9-13/h2-10,18H,1H3. The van der Waals surface area contributed by atoms with Gasteiger partial charge in [-0.1, -0.05) is 12.1 Å². The molecule has 0 unspecified atom stereocenters. The highest BCUT2D eigenvalue weighted by atomic mass is 14.9. The lowest BCUT2D eigenvalue weighted by atomic mass is 10.2. The zero-order valence-corrected chi connectivity index (χ0v) is 10.1. The first kappa shape index (κ1) is 10.7. The van der Waals surface area contributed by atoms with Crippen molar-refractivity contribution in [2.75, 3.05) is 5.32 Å². The molecule has 0 fully saturated rings. The van der Waals surface area contributed by atoms with E-state index in [4.69, 9.17) is 0 Å². The molecular formula is C15H13N3. The molecule has 18 heavy (non-hydrogen) atoms. The van der Waals surface area contributed by atoms with Gasteiger partial charge >= 0.3 is 0 Å². The van der Waals surface area contributed by atoms with E-state index in [1.165, 1.54) is 0 Å². The van der Waals surface area contributed by atoms with Crippen LogP contribution in [-0.4, -0.2) is 9.97 Å². The van der Waals surface area contributed by atoms with Crippen molar-refractivity contribution in [3.8, 4) is 0 Å². The molecule has 3 rings (SSSR count). The van der Waals surface area contributed by atoms with Crippen LogP contribution in [0.5, 0.6) is 0 Å². The number of fused-ring (bicyclic) bond motifs is 1. The van der Waals surface area contributed by atoms with Gasteiger partial charge in [0.1, 0.15) is 0 Å². The molecule has 0 saturated heterocycles. The maximum atomic E-state index is 4.34. The number of aryl methyl sites for hydroxylation is 1. The van der Waals surface area contributed by atoms with E-state index in [0.29, 0.717) is 0 Å². The minimum Gasteiger partial charge on any atom is -0.354 e. The van der Waals surface area contributed by atoms with E-state index in [-0.39, 0.29) is 0 Å². The topological polar surface area (TPSA) is 37.8 Å². The molecule has 0 saturated carbocycles. The number of benzene rings is 1. The number of rotatable bonds is 2. The van der Waals surface area contributed by atoms with Crippen molar-refractivity contribution in [1.29, 1.82) is 0 Å². The van der Waals surface area contributed by atoms with Crippen molar-refractivity contribution in [1.82, 2.24) is 9.97 Å². The quantitative estimate of drug-likeness (QED) is 0.736. The van der Waals surface area contributed by atoms with Crippen molar-refractivity contribution in [2.45, 2.75) is 6.92 Å². The van der Waals surface area contributed by atoms with Gasteiger partial charge in [0.2, 0.25) is 0 Å². The molecule has 3 aromatic rings. The smallest absolute Gasteiger partial charge is 0.0722 e. The summed E-state index contributed by atoms with van der Waals surface area (Å²) in [5, 5.41) is 4.46. The summed E-state index contributed by atoms with van der Waals surface area (Å²) >= 11 is 0. The molecule has 2 aromatic heterocycles. The number of pyridine rings is 2.